The lowest BCUT2D eigenvalue weighted by molar-refractivity contribution is 0.0254. The summed E-state index contributed by atoms with van der Waals surface area (Å²) in [5, 5.41) is 0.805. The fourth-order valence-electron chi connectivity index (χ4n) is 4.26. The van der Waals surface area contributed by atoms with Gasteiger partial charge in [-0.25, -0.2) is 8.42 Å². The Morgan fingerprint density at radius 2 is 1.81 bits per heavy atom. The van der Waals surface area contributed by atoms with Crippen LogP contribution in [-0.4, -0.2) is 68.1 Å². The van der Waals surface area contributed by atoms with E-state index in [1.807, 2.05) is 42.5 Å². The van der Waals surface area contributed by atoms with Gasteiger partial charge in [-0.05, 0) is 18.2 Å². The van der Waals surface area contributed by atoms with Gasteiger partial charge < -0.3 is 9.47 Å². The Hall–Kier alpha value is -2.52. The molecule has 3 aromatic rings. The normalized spacial score (nSPS) is 20.7. The van der Waals surface area contributed by atoms with Crippen molar-refractivity contribution in [2.75, 3.05) is 39.5 Å². The van der Waals surface area contributed by atoms with Crippen molar-refractivity contribution in [2.45, 2.75) is 17.5 Å². The number of aromatic nitrogens is 1. The molecule has 2 aromatic carbocycles. The highest BCUT2D eigenvalue weighted by Crippen LogP contribution is 2.31. The molecule has 7 nitrogen and oxygen atoms in total. The zero-order valence-corrected chi connectivity index (χ0v) is 18.0. The SMILES string of the molecule is O=S(=O)(c1cccc2cccnc12)N1Cc2ccccc2OC[C@H]1CN1CCOCC1. The fourth-order valence-corrected chi connectivity index (χ4v) is 6.01. The number of fused-ring (bicyclic) bond motifs is 2. The van der Waals surface area contributed by atoms with E-state index in [1.54, 1.807) is 22.6 Å². The summed E-state index contributed by atoms with van der Waals surface area (Å²) in [5.41, 5.74) is 1.36. The molecule has 0 saturated carbocycles. The van der Waals surface area contributed by atoms with Gasteiger partial charge in [-0.3, -0.25) is 9.88 Å². The predicted molar refractivity (Wildman–Crippen MR) is 117 cm³/mol. The molecule has 1 aromatic heterocycles. The highest BCUT2D eigenvalue weighted by Gasteiger charge is 2.37. The van der Waals surface area contributed by atoms with Crippen LogP contribution in [0.1, 0.15) is 5.56 Å². The molecule has 5 rings (SSSR count). The number of benzene rings is 2. The monoisotopic (exact) mass is 439 g/mol. The van der Waals surface area contributed by atoms with Crippen molar-refractivity contribution in [1.29, 1.82) is 0 Å². The first-order chi connectivity index (χ1) is 15.1. The molecule has 0 bridgehead atoms. The van der Waals surface area contributed by atoms with Gasteiger partial charge in [0, 0.05) is 43.3 Å². The maximum atomic E-state index is 14.0. The third-order valence-corrected chi connectivity index (χ3v) is 7.82. The number of rotatable bonds is 4. The number of morpholine rings is 1. The van der Waals surface area contributed by atoms with E-state index in [-0.39, 0.29) is 17.5 Å². The van der Waals surface area contributed by atoms with Crippen LogP contribution in [0.4, 0.5) is 0 Å². The fraction of sp³-hybridized carbons (Fsp3) is 0.348. The predicted octanol–water partition coefficient (Wildman–Crippen LogP) is 2.52. The number of ether oxygens (including phenoxy) is 2. The Balaban J connectivity index is 1.57. The number of hydrogen-bond donors (Lipinski definition) is 0. The zero-order valence-electron chi connectivity index (χ0n) is 17.2. The molecule has 0 amide bonds. The van der Waals surface area contributed by atoms with E-state index in [0.717, 1.165) is 29.8 Å². The van der Waals surface area contributed by atoms with E-state index in [0.29, 0.717) is 31.9 Å². The van der Waals surface area contributed by atoms with Crippen LogP contribution in [0.15, 0.2) is 65.7 Å². The Bertz CT molecular complexity index is 1170. The highest BCUT2D eigenvalue weighted by molar-refractivity contribution is 7.89. The van der Waals surface area contributed by atoms with Crippen molar-refractivity contribution in [3.63, 3.8) is 0 Å². The van der Waals surface area contributed by atoms with Crippen molar-refractivity contribution < 1.29 is 17.9 Å². The molecule has 3 heterocycles. The lowest BCUT2D eigenvalue weighted by Crippen LogP contribution is -2.50. The minimum Gasteiger partial charge on any atom is -0.492 e. The average molecular weight is 440 g/mol. The van der Waals surface area contributed by atoms with E-state index in [1.165, 1.54) is 0 Å². The largest absolute Gasteiger partial charge is 0.492 e. The minimum atomic E-state index is -3.82. The van der Waals surface area contributed by atoms with E-state index >= 15 is 0 Å². The second-order valence-corrected chi connectivity index (χ2v) is 9.73. The number of hydrogen-bond acceptors (Lipinski definition) is 6. The molecule has 31 heavy (non-hydrogen) atoms. The van der Waals surface area contributed by atoms with Crippen LogP contribution in [-0.2, 0) is 21.3 Å². The van der Waals surface area contributed by atoms with Crippen molar-refractivity contribution in [1.82, 2.24) is 14.2 Å². The molecule has 0 aliphatic carbocycles. The number of nitrogens with zero attached hydrogens (tertiary/aromatic N) is 3. The molecule has 8 heteroatoms. The molecule has 0 radical (unpaired) electrons. The van der Waals surface area contributed by atoms with Crippen LogP contribution in [0.25, 0.3) is 10.9 Å². The van der Waals surface area contributed by atoms with Crippen molar-refractivity contribution >= 4 is 20.9 Å². The Kier molecular flexibility index (Phi) is 5.62. The Labute approximate surface area is 182 Å². The van der Waals surface area contributed by atoms with Gasteiger partial charge in [-0.1, -0.05) is 36.4 Å². The summed E-state index contributed by atoms with van der Waals surface area (Å²) in [6.07, 6.45) is 1.63. The van der Waals surface area contributed by atoms with Gasteiger partial charge in [0.05, 0.1) is 24.8 Å². The minimum absolute atomic E-state index is 0.233. The Morgan fingerprint density at radius 3 is 2.68 bits per heavy atom. The Morgan fingerprint density at radius 1 is 1.00 bits per heavy atom. The molecule has 0 unspecified atom stereocenters. The molecule has 1 atom stereocenters. The van der Waals surface area contributed by atoms with Gasteiger partial charge >= 0.3 is 0 Å². The third kappa shape index (κ3) is 4.04. The molecule has 0 N–H and O–H groups in total. The van der Waals surface area contributed by atoms with Crippen LogP contribution in [0.2, 0.25) is 0 Å². The van der Waals surface area contributed by atoms with E-state index in [9.17, 15) is 8.42 Å². The lowest BCUT2D eigenvalue weighted by atomic mass is 10.2. The molecule has 162 valence electrons. The summed E-state index contributed by atoms with van der Waals surface area (Å²) in [5.74, 6) is 0.739. The first-order valence-electron chi connectivity index (χ1n) is 10.5. The highest BCUT2D eigenvalue weighted by atomic mass is 32.2. The molecule has 0 spiro atoms. The molecular weight excluding hydrogens is 414 g/mol. The van der Waals surface area contributed by atoms with Gasteiger partial charge in [-0.2, -0.15) is 4.31 Å². The van der Waals surface area contributed by atoms with Crippen LogP contribution < -0.4 is 4.74 Å². The molecule has 1 fully saturated rings. The van der Waals surface area contributed by atoms with Crippen molar-refractivity contribution in [2.24, 2.45) is 0 Å². The third-order valence-electron chi connectivity index (χ3n) is 5.89. The molecule has 2 aliphatic heterocycles. The van der Waals surface area contributed by atoms with Gasteiger partial charge in [0.25, 0.3) is 0 Å². The van der Waals surface area contributed by atoms with Gasteiger partial charge in [0.15, 0.2) is 0 Å². The second-order valence-electron chi connectivity index (χ2n) is 7.87. The summed E-state index contributed by atoms with van der Waals surface area (Å²) in [7, 11) is -3.82. The number of pyridine rings is 1. The average Bonchev–Trinajstić information content (AvgIpc) is 2.99. The van der Waals surface area contributed by atoms with E-state index < -0.39 is 10.0 Å². The summed E-state index contributed by atoms with van der Waals surface area (Å²) in [6.45, 7) is 4.04. The maximum Gasteiger partial charge on any atom is 0.245 e. The van der Waals surface area contributed by atoms with Gasteiger partial charge in [0.1, 0.15) is 17.3 Å². The van der Waals surface area contributed by atoms with Crippen molar-refractivity contribution in [3.05, 3.63) is 66.4 Å². The summed E-state index contributed by atoms with van der Waals surface area (Å²) in [4.78, 5) is 6.87. The van der Waals surface area contributed by atoms with E-state index in [4.69, 9.17) is 9.47 Å². The zero-order chi connectivity index (χ0) is 21.3. The van der Waals surface area contributed by atoms with Crippen LogP contribution >= 0.6 is 0 Å². The molecule has 2 aliphatic rings. The van der Waals surface area contributed by atoms with Gasteiger partial charge in [0.2, 0.25) is 10.0 Å². The second kappa shape index (κ2) is 8.55. The molecular formula is C23H25N3O4S. The number of sulfonamides is 1. The van der Waals surface area contributed by atoms with Crippen LogP contribution in [0, 0.1) is 0 Å². The maximum absolute atomic E-state index is 14.0. The molecule has 1 saturated heterocycles. The topological polar surface area (TPSA) is 72.0 Å². The van der Waals surface area contributed by atoms with Crippen LogP contribution in [0.3, 0.4) is 0 Å². The van der Waals surface area contributed by atoms with Gasteiger partial charge in [-0.15, -0.1) is 0 Å². The first kappa shape index (κ1) is 20.4. The number of para-hydroxylation sites is 2. The van der Waals surface area contributed by atoms with Crippen molar-refractivity contribution in [3.8, 4) is 5.75 Å². The standard InChI is InChI=1S/C23H25N3O4S/c27-31(28,22-9-3-6-18-7-4-10-24-23(18)22)26-15-19-5-1-2-8-21(19)30-17-20(26)16-25-11-13-29-14-12-25/h1-10,20H,11-17H2/t20-/m1/s1. The quantitative estimate of drug-likeness (QED) is 0.622. The summed E-state index contributed by atoms with van der Waals surface area (Å²) in [6, 6.07) is 16.3. The summed E-state index contributed by atoms with van der Waals surface area (Å²) >= 11 is 0. The smallest absolute Gasteiger partial charge is 0.245 e. The van der Waals surface area contributed by atoms with Crippen LogP contribution in [0.5, 0.6) is 5.75 Å². The van der Waals surface area contributed by atoms with E-state index in [2.05, 4.69) is 9.88 Å². The summed E-state index contributed by atoms with van der Waals surface area (Å²) < 4.78 is 41.1. The lowest BCUT2D eigenvalue weighted by Gasteiger charge is -2.34. The first-order valence-corrected chi connectivity index (χ1v) is 11.9.